The summed E-state index contributed by atoms with van der Waals surface area (Å²) in [7, 11) is 1.59. The van der Waals surface area contributed by atoms with Crippen molar-refractivity contribution >= 4 is 5.65 Å². The summed E-state index contributed by atoms with van der Waals surface area (Å²) in [4.78, 5) is 4.51. The summed E-state index contributed by atoms with van der Waals surface area (Å²) in [6, 6.07) is 12.5. The van der Waals surface area contributed by atoms with Crippen molar-refractivity contribution in [3.05, 3.63) is 54.1 Å². The number of nitriles is 1. The van der Waals surface area contributed by atoms with E-state index in [2.05, 4.69) is 11.1 Å². The summed E-state index contributed by atoms with van der Waals surface area (Å²) in [6.45, 7) is 0. The zero-order valence-corrected chi connectivity index (χ0v) is 11.4. The number of pyridine rings is 1. The van der Waals surface area contributed by atoms with Crippen molar-refractivity contribution in [2.24, 2.45) is 0 Å². The van der Waals surface area contributed by atoms with E-state index < -0.39 is 0 Å². The Morgan fingerprint density at radius 3 is 2.95 bits per heavy atom. The van der Waals surface area contributed by atoms with Crippen LogP contribution >= 0.6 is 0 Å². The number of methoxy groups -OCH3 is 1. The zero-order chi connectivity index (χ0) is 14.8. The lowest BCUT2D eigenvalue weighted by atomic mass is 10.1. The summed E-state index contributed by atoms with van der Waals surface area (Å²) < 4.78 is 20.3. The molecule has 0 fully saturated rings. The van der Waals surface area contributed by atoms with Crippen LogP contribution in [0.5, 0.6) is 5.75 Å². The number of hydrogen-bond acceptors (Lipinski definition) is 3. The summed E-state index contributed by atoms with van der Waals surface area (Å²) in [5.74, 6) is 0.343. The molecule has 104 valence electrons. The number of hydrogen-bond donors (Lipinski definition) is 0. The highest BCUT2D eigenvalue weighted by Crippen LogP contribution is 2.27. The minimum atomic E-state index is -0.365. The number of ether oxygens (including phenoxy) is 1. The van der Waals surface area contributed by atoms with Crippen LogP contribution in [0.3, 0.4) is 0 Å². The van der Waals surface area contributed by atoms with Gasteiger partial charge in [0, 0.05) is 11.8 Å². The molecule has 4 nitrogen and oxygen atoms in total. The maximum Gasteiger partial charge on any atom is 0.139 e. The predicted molar refractivity (Wildman–Crippen MR) is 76.5 cm³/mol. The monoisotopic (exact) mass is 281 g/mol. The van der Waals surface area contributed by atoms with Crippen molar-refractivity contribution < 1.29 is 9.13 Å². The average Bonchev–Trinajstić information content (AvgIpc) is 2.86. The smallest absolute Gasteiger partial charge is 0.139 e. The maximum absolute atomic E-state index is 13.4. The highest BCUT2D eigenvalue weighted by atomic mass is 19.1. The maximum atomic E-state index is 13.4. The summed E-state index contributed by atoms with van der Waals surface area (Å²) in [6.07, 6.45) is 1.50. The van der Waals surface area contributed by atoms with Gasteiger partial charge < -0.3 is 4.74 Å². The van der Waals surface area contributed by atoms with Gasteiger partial charge in [-0.25, -0.2) is 9.37 Å². The molecule has 0 spiro atoms. The Hall–Kier alpha value is -2.87. The fourth-order valence-electron chi connectivity index (χ4n) is 2.31. The molecule has 0 unspecified atom stereocenters. The SMILES string of the molecule is COc1cccc(-c2nc3ccc(F)cn3c2CC#N)c1. The van der Waals surface area contributed by atoms with Crippen LogP contribution in [0.2, 0.25) is 0 Å². The normalized spacial score (nSPS) is 10.5. The Morgan fingerprint density at radius 2 is 2.19 bits per heavy atom. The topological polar surface area (TPSA) is 50.3 Å². The van der Waals surface area contributed by atoms with Crippen LogP contribution < -0.4 is 4.74 Å². The molecule has 21 heavy (non-hydrogen) atoms. The molecule has 0 saturated carbocycles. The molecule has 0 radical (unpaired) electrons. The second-order valence-electron chi connectivity index (χ2n) is 4.55. The molecule has 1 aromatic carbocycles. The van der Waals surface area contributed by atoms with Gasteiger partial charge in [-0.2, -0.15) is 5.26 Å². The number of aromatic nitrogens is 2. The number of halogens is 1. The van der Waals surface area contributed by atoms with Crippen LogP contribution in [-0.2, 0) is 6.42 Å². The Kier molecular flexibility index (Phi) is 3.28. The van der Waals surface area contributed by atoms with Gasteiger partial charge in [0.15, 0.2) is 0 Å². The van der Waals surface area contributed by atoms with Gasteiger partial charge in [-0.3, -0.25) is 4.40 Å². The number of fused-ring (bicyclic) bond motifs is 1. The van der Waals surface area contributed by atoms with Gasteiger partial charge in [0.05, 0.1) is 31.0 Å². The molecule has 0 amide bonds. The second kappa shape index (κ2) is 5.25. The Bertz CT molecular complexity index is 848. The third kappa shape index (κ3) is 2.32. The molecule has 5 heteroatoms. The van der Waals surface area contributed by atoms with Crippen molar-refractivity contribution in [1.29, 1.82) is 5.26 Å². The number of imidazole rings is 1. The molecule has 0 bridgehead atoms. The molecule has 3 aromatic rings. The van der Waals surface area contributed by atoms with Gasteiger partial charge in [-0.15, -0.1) is 0 Å². The van der Waals surface area contributed by atoms with Crippen molar-refractivity contribution in [3.63, 3.8) is 0 Å². The first kappa shape index (κ1) is 13.1. The predicted octanol–water partition coefficient (Wildman–Crippen LogP) is 3.22. The highest BCUT2D eigenvalue weighted by molar-refractivity contribution is 5.68. The largest absolute Gasteiger partial charge is 0.497 e. The van der Waals surface area contributed by atoms with Gasteiger partial charge in [-0.05, 0) is 24.3 Å². The molecule has 0 saturated heterocycles. The van der Waals surface area contributed by atoms with Crippen LogP contribution in [-0.4, -0.2) is 16.5 Å². The standard InChI is InChI=1S/C16H12FN3O/c1-21-13-4-2-3-11(9-13)16-14(7-8-18)20-10-12(17)5-6-15(20)19-16/h2-6,9-10H,7H2,1H3. The third-order valence-corrected chi connectivity index (χ3v) is 3.27. The Balaban J connectivity index is 2.26. The van der Waals surface area contributed by atoms with E-state index in [0.29, 0.717) is 22.8 Å². The molecule has 0 aliphatic carbocycles. The average molecular weight is 281 g/mol. The van der Waals surface area contributed by atoms with E-state index in [1.807, 2.05) is 24.3 Å². The second-order valence-corrected chi connectivity index (χ2v) is 4.55. The van der Waals surface area contributed by atoms with Crippen molar-refractivity contribution in [2.75, 3.05) is 7.11 Å². The third-order valence-electron chi connectivity index (χ3n) is 3.27. The molecule has 0 N–H and O–H groups in total. The highest BCUT2D eigenvalue weighted by Gasteiger charge is 2.14. The van der Waals surface area contributed by atoms with Gasteiger partial charge in [-0.1, -0.05) is 12.1 Å². The Morgan fingerprint density at radius 1 is 1.33 bits per heavy atom. The molecule has 0 aliphatic heterocycles. The quantitative estimate of drug-likeness (QED) is 0.740. The lowest BCUT2D eigenvalue weighted by Gasteiger charge is -2.04. The fraction of sp³-hybridized carbons (Fsp3) is 0.125. The van der Waals surface area contributed by atoms with E-state index in [0.717, 1.165) is 5.56 Å². The summed E-state index contributed by atoms with van der Waals surface area (Å²) >= 11 is 0. The van der Waals surface area contributed by atoms with E-state index in [4.69, 9.17) is 10.00 Å². The first-order valence-electron chi connectivity index (χ1n) is 6.41. The molecule has 2 heterocycles. The molecular formula is C16H12FN3O. The molecule has 2 aromatic heterocycles. The van der Waals surface area contributed by atoms with Crippen LogP contribution in [0, 0.1) is 17.1 Å². The fourth-order valence-corrected chi connectivity index (χ4v) is 2.31. The van der Waals surface area contributed by atoms with Gasteiger partial charge >= 0.3 is 0 Å². The molecule has 0 aliphatic rings. The first-order chi connectivity index (χ1) is 10.2. The van der Waals surface area contributed by atoms with Gasteiger partial charge in [0.1, 0.15) is 17.2 Å². The van der Waals surface area contributed by atoms with Crippen molar-refractivity contribution in [2.45, 2.75) is 6.42 Å². The summed E-state index contributed by atoms with van der Waals surface area (Å²) in [5.41, 5.74) is 2.78. The molecule has 3 rings (SSSR count). The van der Waals surface area contributed by atoms with E-state index in [1.54, 1.807) is 17.6 Å². The van der Waals surface area contributed by atoms with Crippen LogP contribution in [0.25, 0.3) is 16.9 Å². The minimum absolute atomic E-state index is 0.150. The van der Waals surface area contributed by atoms with E-state index >= 15 is 0 Å². The van der Waals surface area contributed by atoms with Crippen molar-refractivity contribution in [1.82, 2.24) is 9.38 Å². The first-order valence-corrected chi connectivity index (χ1v) is 6.41. The molecule has 0 atom stereocenters. The van der Waals surface area contributed by atoms with Crippen molar-refractivity contribution in [3.8, 4) is 23.1 Å². The number of rotatable bonds is 3. The van der Waals surface area contributed by atoms with Gasteiger partial charge in [0.2, 0.25) is 0 Å². The number of benzene rings is 1. The lowest BCUT2D eigenvalue weighted by molar-refractivity contribution is 0.415. The van der Waals surface area contributed by atoms with E-state index in [1.165, 1.54) is 12.3 Å². The van der Waals surface area contributed by atoms with Crippen LogP contribution in [0.15, 0.2) is 42.6 Å². The van der Waals surface area contributed by atoms with E-state index in [9.17, 15) is 4.39 Å². The van der Waals surface area contributed by atoms with Gasteiger partial charge in [0.25, 0.3) is 0 Å². The summed E-state index contributed by atoms with van der Waals surface area (Å²) in [5, 5.41) is 9.03. The van der Waals surface area contributed by atoms with E-state index in [-0.39, 0.29) is 12.2 Å². The van der Waals surface area contributed by atoms with Crippen LogP contribution in [0.1, 0.15) is 5.69 Å². The van der Waals surface area contributed by atoms with Crippen LogP contribution in [0.4, 0.5) is 4.39 Å². The minimum Gasteiger partial charge on any atom is -0.497 e. The zero-order valence-electron chi connectivity index (χ0n) is 11.4. The Labute approximate surface area is 121 Å². The lowest BCUT2D eigenvalue weighted by Crippen LogP contribution is -1.94. The number of nitrogens with zero attached hydrogens (tertiary/aromatic N) is 3. The molecular weight excluding hydrogens is 269 g/mol.